The largest absolute Gasteiger partial charge is 0.484 e. The molecule has 222 valence electrons. The number of methoxy groups -OCH3 is 1. The molecule has 0 aliphatic heterocycles. The molecule has 0 radical (unpaired) electrons. The van der Waals surface area contributed by atoms with E-state index in [0.29, 0.717) is 34.3 Å². The van der Waals surface area contributed by atoms with Crippen molar-refractivity contribution in [3.05, 3.63) is 106 Å². The van der Waals surface area contributed by atoms with Crippen molar-refractivity contribution in [2.24, 2.45) is 0 Å². The summed E-state index contributed by atoms with van der Waals surface area (Å²) in [5.41, 5.74) is 3.37. The predicted octanol–water partition coefficient (Wildman–Crippen LogP) is 7.33. The fraction of sp³-hybridized carbons (Fsp3) is 0.265. The Balaban J connectivity index is 1.25. The Hall–Kier alpha value is -4.08. The standard InChI is InChI=1S/C34H34N2O5S2/c1-3-28(42-26-16-10-13-24(20-26)35-30(37)21-41-25-14-8-5-9-15-25)32(38)36-33-31(34(39)40-2)27-18-17-23(19-29(27)43-33)22-11-6-4-7-12-22/h4-16,20,23,28H,3,17-19,21H2,1-2H3,(H,35,37)(H,36,38). The normalized spacial score (nSPS) is 14.7. The topological polar surface area (TPSA) is 93.7 Å². The maximum Gasteiger partial charge on any atom is 0.341 e. The Bertz CT molecular complexity index is 1570. The van der Waals surface area contributed by atoms with Crippen molar-refractivity contribution in [1.82, 2.24) is 0 Å². The third-order valence-electron chi connectivity index (χ3n) is 7.34. The Labute approximate surface area is 260 Å². The molecular formula is C34H34N2O5S2. The monoisotopic (exact) mass is 614 g/mol. The van der Waals surface area contributed by atoms with Gasteiger partial charge in [-0.1, -0.05) is 61.5 Å². The zero-order valence-electron chi connectivity index (χ0n) is 24.1. The van der Waals surface area contributed by atoms with E-state index in [-0.39, 0.29) is 18.4 Å². The van der Waals surface area contributed by atoms with E-state index < -0.39 is 11.2 Å². The molecule has 1 aliphatic carbocycles. The smallest absolute Gasteiger partial charge is 0.341 e. The third kappa shape index (κ3) is 7.66. The second-order valence-electron chi connectivity index (χ2n) is 10.2. The van der Waals surface area contributed by atoms with Gasteiger partial charge in [-0.15, -0.1) is 23.1 Å². The number of amides is 2. The highest BCUT2D eigenvalue weighted by Crippen LogP contribution is 2.43. The van der Waals surface area contributed by atoms with Crippen LogP contribution in [0.4, 0.5) is 10.7 Å². The van der Waals surface area contributed by atoms with Gasteiger partial charge in [0.2, 0.25) is 5.91 Å². The van der Waals surface area contributed by atoms with E-state index in [9.17, 15) is 14.4 Å². The number of ether oxygens (including phenoxy) is 2. The molecule has 0 saturated carbocycles. The molecule has 4 aromatic rings. The number of hydrogen-bond acceptors (Lipinski definition) is 7. The minimum atomic E-state index is -0.425. The number of esters is 1. The van der Waals surface area contributed by atoms with Crippen LogP contribution in [0.1, 0.15) is 52.0 Å². The van der Waals surface area contributed by atoms with Gasteiger partial charge in [0.15, 0.2) is 6.61 Å². The van der Waals surface area contributed by atoms with E-state index in [0.717, 1.165) is 34.6 Å². The summed E-state index contributed by atoms with van der Waals surface area (Å²) in [5.74, 6) is 0.116. The Morgan fingerprint density at radius 2 is 1.72 bits per heavy atom. The maximum atomic E-state index is 13.5. The number of anilines is 2. The second kappa shape index (κ2) is 14.4. The molecule has 9 heteroatoms. The molecule has 0 spiro atoms. The molecule has 0 saturated heterocycles. The Kier molecular flexibility index (Phi) is 10.2. The number of hydrogen-bond donors (Lipinski definition) is 2. The zero-order valence-corrected chi connectivity index (χ0v) is 25.8. The van der Waals surface area contributed by atoms with Crippen LogP contribution in [-0.2, 0) is 27.2 Å². The average Bonchev–Trinajstić information content (AvgIpc) is 3.40. The van der Waals surface area contributed by atoms with Gasteiger partial charge in [-0.05, 0) is 73.1 Å². The van der Waals surface area contributed by atoms with Crippen molar-refractivity contribution in [2.75, 3.05) is 24.4 Å². The molecule has 7 nitrogen and oxygen atoms in total. The summed E-state index contributed by atoms with van der Waals surface area (Å²) in [5, 5.41) is 6.06. The van der Waals surface area contributed by atoms with Gasteiger partial charge in [-0.25, -0.2) is 4.79 Å². The summed E-state index contributed by atoms with van der Waals surface area (Å²) >= 11 is 2.89. The molecule has 2 unspecified atom stereocenters. The number of carbonyl (C=O) groups excluding carboxylic acids is 3. The molecule has 2 N–H and O–H groups in total. The van der Waals surface area contributed by atoms with E-state index in [2.05, 4.69) is 34.9 Å². The van der Waals surface area contributed by atoms with E-state index in [1.165, 1.54) is 35.8 Å². The first-order chi connectivity index (χ1) is 20.9. The van der Waals surface area contributed by atoms with Gasteiger partial charge >= 0.3 is 5.97 Å². The van der Waals surface area contributed by atoms with Crippen LogP contribution in [0.3, 0.4) is 0 Å². The third-order valence-corrected chi connectivity index (χ3v) is 9.86. The van der Waals surface area contributed by atoms with Crippen LogP contribution in [0.25, 0.3) is 0 Å². The van der Waals surface area contributed by atoms with Crippen molar-refractivity contribution >= 4 is 51.6 Å². The van der Waals surface area contributed by atoms with Crippen LogP contribution in [0, 0.1) is 0 Å². The first-order valence-electron chi connectivity index (χ1n) is 14.3. The van der Waals surface area contributed by atoms with E-state index >= 15 is 0 Å². The highest BCUT2D eigenvalue weighted by Gasteiger charge is 2.31. The van der Waals surface area contributed by atoms with Gasteiger partial charge in [0, 0.05) is 15.5 Å². The van der Waals surface area contributed by atoms with Crippen LogP contribution >= 0.6 is 23.1 Å². The van der Waals surface area contributed by atoms with E-state index in [1.54, 1.807) is 18.2 Å². The Morgan fingerprint density at radius 3 is 2.44 bits per heavy atom. The quantitative estimate of drug-likeness (QED) is 0.136. The number of thioether (sulfide) groups is 1. The van der Waals surface area contributed by atoms with Crippen molar-refractivity contribution < 1.29 is 23.9 Å². The highest BCUT2D eigenvalue weighted by molar-refractivity contribution is 8.00. The van der Waals surface area contributed by atoms with Crippen molar-refractivity contribution in [2.45, 2.75) is 48.7 Å². The van der Waals surface area contributed by atoms with E-state index in [4.69, 9.17) is 9.47 Å². The van der Waals surface area contributed by atoms with Gasteiger partial charge in [-0.3, -0.25) is 9.59 Å². The molecule has 1 aromatic heterocycles. The molecular weight excluding hydrogens is 581 g/mol. The summed E-state index contributed by atoms with van der Waals surface area (Å²) in [6.45, 7) is 1.84. The minimum absolute atomic E-state index is 0.110. The first kappa shape index (κ1) is 30.4. The fourth-order valence-electron chi connectivity index (χ4n) is 5.19. The van der Waals surface area contributed by atoms with Gasteiger partial charge in [0.05, 0.1) is 17.9 Å². The summed E-state index contributed by atoms with van der Waals surface area (Å²) in [7, 11) is 1.37. The van der Waals surface area contributed by atoms with Gasteiger partial charge in [0.1, 0.15) is 10.8 Å². The summed E-state index contributed by atoms with van der Waals surface area (Å²) in [4.78, 5) is 40.8. The lowest BCUT2D eigenvalue weighted by atomic mass is 9.83. The summed E-state index contributed by atoms with van der Waals surface area (Å²) < 4.78 is 10.7. The summed E-state index contributed by atoms with van der Waals surface area (Å²) in [6.07, 6.45) is 3.09. The molecule has 5 rings (SSSR count). The number of carbonyl (C=O) groups is 3. The lowest BCUT2D eigenvalue weighted by Gasteiger charge is -2.22. The maximum absolute atomic E-state index is 13.5. The summed E-state index contributed by atoms with van der Waals surface area (Å²) in [6, 6.07) is 27.0. The zero-order chi connectivity index (χ0) is 30.2. The highest BCUT2D eigenvalue weighted by atomic mass is 32.2. The van der Waals surface area contributed by atoms with Crippen molar-refractivity contribution in [3.63, 3.8) is 0 Å². The molecule has 1 aliphatic rings. The molecule has 0 bridgehead atoms. The number of nitrogens with one attached hydrogen (secondary N) is 2. The van der Waals surface area contributed by atoms with Crippen molar-refractivity contribution in [1.29, 1.82) is 0 Å². The molecule has 43 heavy (non-hydrogen) atoms. The minimum Gasteiger partial charge on any atom is -0.484 e. The fourth-order valence-corrected chi connectivity index (χ4v) is 7.52. The van der Waals surface area contributed by atoms with Crippen molar-refractivity contribution in [3.8, 4) is 5.75 Å². The van der Waals surface area contributed by atoms with Crippen LogP contribution < -0.4 is 15.4 Å². The van der Waals surface area contributed by atoms with Crippen LogP contribution in [0.2, 0.25) is 0 Å². The number of benzene rings is 3. The number of rotatable bonds is 11. The van der Waals surface area contributed by atoms with Crippen LogP contribution in [-0.4, -0.2) is 36.8 Å². The average molecular weight is 615 g/mol. The molecule has 2 amide bonds. The van der Waals surface area contributed by atoms with Gasteiger partial charge < -0.3 is 20.1 Å². The van der Waals surface area contributed by atoms with Crippen LogP contribution in [0.15, 0.2) is 89.8 Å². The van der Waals surface area contributed by atoms with E-state index in [1.807, 2.05) is 49.4 Å². The first-order valence-corrected chi connectivity index (χ1v) is 16.0. The lowest BCUT2D eigenvalue weighted by molar-refractivity contribution is -0.118. The molecule has 2 atom stereocenters. The molecule has 1 heterocycles. The number of para-hydroxylation sites is 1. The molecule has 3 aromatic carbocycles. The van der Waals surface area contributed by atoms with Gasteiger partial charge in [0.25, 0.3) is 5.91 Å². The number of thiophene rings is 1. The second-order valence-corrected chi connectivity index (χ2v) is 12.6. The Morgan fingerprint density at radius 1 is 0.977 bits per heavy atom. The molecule has 0 fully saturated rings. The number of fused-ring (bicyclic) bond motifs is 1. The SMILES string of the molecule is CCC(Sc1cccc(NC(=O)COc2ccccc2)c1)C(=O)Nc1sc2c(c1C(=O)OC)CCC(c1ccccc1)C2. The van der Waals surface area contributed by atoms with Gasteiger partial charge in [-0.2, -0.15) is 0 Å². The lowest BCUT2D eigenvalue weighted by Crippen LogP contribution is -2.25. The predicted molar refractivity (Wildman–Crippen MR) is 172 cm³/mol. The van der Waals surface area contributed by atoms with Crippen LogP contribution in [0.5, 0.6) is 5.75 Å².